The molecule has 0 aliphatic heterocycles. The number of aromatic nitrogens is 4. The fourth-order valence-electron chi connectivity index (χ4n) is 4.70. The monoisotopic (exact) mass is 612 g/mol. The molecular weight excluding hydrogens is 574 g/mol. The highest BCUT2D eigenvalue weighted by Crippen LogP contribution is 2.23. The van der Waals surface area contributed by atoms with E-state index in [0.29, 0.717) is 47.3 Å². The molecule has 0 atom stereocenters. The molecule has 0 amide bonds. The van der Waals surface area contributed by atoms with Crippen LogP contribution in [0.4, 0.5) is 20.4 Å². The summed E-state index contributed by atoms with van der Waals surface area (Å²) >= 11 is 0. The second kappa shape index (κ2) is 15.3. The molecule has 10 nitrogen and oxygen atoms in total. The minimum Gasteiger partial charge on any atom is -0.382 e. The van der Waals surface area contributed by atoms with Crippen LogP contribution in [0.3, 0.4) is 0 Å². The summed E-state index contributed by atoms with van der Waals surface area (Å²) in [7, 11) is 4.01. The van der Waals surface area contributed by atoms with Crippen molar-refractivity contribution in [2.45, 2.75) is 40.0 Å². The van der Waals surface area contributed by atoms with Gasteiger partial charge in [-0.15, -0.1) is 0 Å². The maximum Gasteiger partial charge on any atom is 0.149 e. The van der Waals surface area contributed by atoms with Gasteiger partial charge >= 0.3 is 0 Å². The molecule has 0 spiro atoms. The predicted octanol–water partition coefficient (Wildman–Crippen LogP) is 4.97. The zero-order valence-corrected chi connectivity index (χ0v) is 26.0. The largest absolute Gasteiger partial charge is 0.382 e. The molecule has 0 aliphatic carbocycles. The van der Waals surface area contributed by atoms with E-state index in [9.17, 15) is 14.0 Å². The average molecular weight is 613 g/mol. The fourth-order valence-corrected chi connectivity index (χ4v) is 4.70. The number of hydrogen-bond acceptors (Lipinski definition) is 10. The number of nitrogens with one attached hydrogen (secondary N) is 1. The van der Waals surface area contributed by atoms with Crippen LogP contribution in [-0.2, 0) is 26.2 Å². The molecular formula is C33H38F2N10. The average Bonchev–Trinajstić information content (AvgIpc) is 3.04. The number of anilines is 2. The SMILES string of the molecule is CCN(C)Cc1cc2c(F)cccc2nc1CN.CCN(C)Cc1cc2c(F)cccc2nc1CNc1ncnc(N)c1C#N. The first-order valence-electron chi connectivity index (χ1n) is 14.6. The summed E-state index contributed by atoms with van der Waals surface area (Å²) in [4.78, 5) is 21.2. The Kier molecular flexibility index (Phi) is 11.2. The summed E-state index contributed by atoms with van der Waals surface area (Å²) in [6.07, 6.45) is 1.30. The third-order valence-corrected chi connectivity index (χ3v) is 7.51. The van der Waals surface area contributed by atoms with E-state index in [1.165, 1.54) is 18.5 Å². The molecule has 45 heavy (non-hydrogen) atoms. The number of rotatable bonds is 10. The summed E-state index contributed by atoms with van der Waals surface area (Å²) in [6.45, 7) is 7.97. The van der Waals surface area contributed by atoms with E-state index in [4.69, 9.17) is 11.5 Å². The zero-order chi connectivity index (χ0) is 32.5. The summed E-state index contributed by atoms with van der Waals surface area (Å²) in [6, 6.07) is 15.5. The van der Waals surface area contributed by atoms with E-state index in [-0.39, 0.29) is 23.0 Å². The third-order valence-electron chi connectivity index (χ3n) is 7.51. The molecule has 234 valence electrons. The van der Waals surface area contributed by atoms with E-state index in [1.54, 1.807) is 18.2 Å². The second-order valence-corrected chi connectivity index (χ2v) is 10.6. The van der Waals surface area contributed by atoms with Gasteiger partial charge in [0.25, 0.3) is 0 Å². The number of nitrogens with two attached hydrogens (primary N) is 2. The first kappa shape index (κ1) is 33.1. The number of fused-ring (bicyclic) bond motifs is 2. The smallest absolute Gasteiger partial charge is 0.149 e. The second-order valence-electron chi connectivity index (χ2n) is 10.6. The Labute approximate surface area is 261 Å². The molecule has 0 unspecified atom stereocenters. The van der Waals surface area contributed by atoms with Crippen molar-refractivity contribution in [3.8, 4) is 6.07 Å². The number of nitrogens with zero attached hydrogens (tertiary/aromatic N) is 7. The maximum absolute atomic E-state index is 14.2. The van der Waals surface area contributed by atoms with Crippen molar-refractivity contribution in [3.63, 3.8) is 0 Å². The number of benzene rings is 2. The van der Waals surface area contributed by atoms with Crippen LogP contribution < -0.4 is 16.8 Å². The molecule has 5 N–H and O–H groups in total. The molecule has 3 heterocycles. The van der Waals surface area contributed by atoms with E-state index in [2.05, 4.69) is 48.9 Å². The maximum atomic E-state index is 14.2. The molecule has 5 aromatic rings. The Hall–Kier alpha value is -4.83. The third kappa shape index (κ3) is 8.02. The van der Waals surface area contributed by atoms with Crippen LogP contribution in [0.1, 0.15) is 41.9 Å². The zero-order valence-electron chi connectivity index (χ0n) is 26.0. The molecule has 0 saturated heterocycles. The lowest BCUT2D eigenvalue weighted by molar-refractivity contribution is 0.344. The van der Waals surface area contributed by atoms with Gasteiger partial charge < -0.3 is 26.6 Å². The van der Waals surface area contributed by atoms with Gasteiger partial charge in [0.2, 0.25) is 0 Å². The van der Waals surface area contributed by atoms with Crippen molar-refractivity contribution in [2.75, 3.05) is 38.2 Å². The Morgan fingerprint density at radius 3 is 1.89 bits per heavy atom. The Morgan fingerprint density at radius 1 is 0.844 bits per heavy atom. The highest BCUT2D eigenvalue weighted by atomic mass is 19.1. The molecule has 0 fully saturated rings. The fraction of sp³-hybridized carbons (Fsp3) is 0.303. The quantitative estimate of drug-likeness (QED) is 0.198. The topological polar surface area (TPSA) is 146 Å². The summed E-state index contributed by atoms with van der Waals surface area (Å²) < 4.78 is 27.9. The van der Waals surface area contributed by atoms with Gasteiger partial charge in [0.15, 0.2) is 0 Å². The highest BCUT2D eigenvalue weighted by Gasteiger charge is 2.14. The molecule has 2 aromatic carbocycles. The molecule has 3 aromatic heterocycles. The van der Waals surface area contributed by atoms with Gasteiger partial charge in [-0.3, -0.25) is 9.97 Å². The number of nitriles is 1. The Balaban J connectivity index is 0.000000222. The van der Waals surface area contributed by atoms with E-state index in [0.717, 1.165) is 42.1 Å². The molecule has 0 aliphatic rings. The van der Waals surface area contributed by atoms with E-state index in [1.807, 2.05) is 38.4 Å². The van der Waals surface area contributed by atoms with Gasteiger partial charge in [0.1, 0.15) is 41.2 Å². The summed E-state index contributed by atoms with van der Waals surface area (Å²) in [5, 5.41) is 13.4. The Morgan fingerprint density at radius 2 is 1.38 bits per heavy atom. The number of halogens is 2. The predicted molar refractivity (Wildman–Crippen MR) is 174 cm³/mol. The van der Waals surface area contributed by atoms with E-state index >= 15 is 0 Å². The molecule has 0 radical (unpaired) electrons. The highest BCUT2D eigenvalue weighted by molar-refractivity contribution is 5.81. The lowest BCUT2D eigenvalue weighted by Gasteiger charge is -2.18. The van der Waals surface area contributed by atoms with Crippen molar-refractivity contribution in [1.82, 2.24) is 29.7 Å². The first-order valence-corrected chi connectivity index (χ1v) is 14.6. The normalized spacial score (nSPS) is 11.1. The van der Waals surface area contributed by atoms with Gasteiger partial charge in [0.05, 0.1) is 29.0 Å². The van der Waals surface area contributed by atoms with Crippen molar-refractivity contribution in [3.05, 3.63) is 94.6 Å². The van der Waals surface area contributed by atoms with Gasteiger partial charge in [-0.1, -0.05) is 26.0 Å². The van der Waals surface area contributed by atoms with Crippen LogP contribution in [0, 0.1) is 23.0 Å². The van der Waals surface area contributed by atoms with Crippen LogP contribution in [0.25, 0.3) is 21.8 Å². The molecule has 5 rings (SSSR count). The lowest BCUT2D eigenvalue weighted by atomic mass is 10.1. The van der Waals surface area contributed by atoms with Crippen molar-refractivity contribution >= 4 is 33.4 Å². The van der Waals surface area contributed by atoms with Crippen LogP contribution in [0.5, 0.6) is 0 Å². The standard InChI is InChI=1S/C19H20FN7.C14H18FN3/c1-3-27(2)10-12-7-13-15(20)5-4-6-16(13)26-17(12)9-23-19-14(8-21)18(22)24-11-25-19;1-3-18(2)9-10-7-11-12(15)5-4-6-13(11)17-14(10)8-16/h4-7,11H,3,9-10H2,1-2H3,(H3,22,23,24,25);4-7H,3,8-9,16H2,1-2H3. The molecule has 12 heteroatoms. The summed E-state index contributed by atoms with van der Waals surface area (Å²) in [5.74, 6) is -0.0605. The van der Waals surface area contributed by atoms with Gasteiger partial charge in [-0.25, -0.2) is 18.7 Å². The van der Waals surface area contributed by atoms with Crippen LogP contribution in [0.2, 0.25) is 0 Å². The summed E-state index contributed by atoms with van der Waals surface area (Å²) in [5.41, 5.74) is 16.4. The number of pyridine rings is 2. The minimum absolute atomic E-state index is 0.120. The van der Waals surface area contributed by atoms with E-state index < -0.39 is 0 Å². The van der Waals surface area contributed by atoms with Crippen molar-refractivity contribution in [2.24, 2.45) is 5.73 Å². The van der Waals surface area contributed by atoms with Crippen molar-refractivity contribution < 1.29 is 8.78 Å². The Bertz CT molecular complexity index is 1820. The van der Waals surface area contributed by atoms with Crippen LogP contribution in [0.15, 0.2) is 54.9 Å². The number of nitrogen functional groups attached to an aromatic ring is 1. The van der Waals surface area contributed by atoms with Crippen molar-refractivity contribution in [1.29, 1.82) is 5.26 Å². The minimum atomic E-state index is -0.296. The molecule has 0 bridgehead atoms. The molecule has 0 saturated carbocycles. The van der Waals surface area contributed by atoms with Gasteiger partial charge in [-0.2, -0.15) is 5.26 Å². The number of hydrogen-bond donors (Lipinski definition) is 3. The van der Waals surface area contributed by atoms with Gasteiger partial charge in [-0.05, 0) is 74.7 Å². The van der Waals surface area contributed by atoms with Crippen LogP contribution in [-0.4, -0.2) is 56.9 Å². The first-order chi connectivity index (χ1) is 21.7. The lowest BCUT2D eigenvalue weighted by Crippen LogP contribution is -2.19. The van der Waals surface area contributed by atoms with Gasteiger partial charge in [0, 0.05) is 30.4 Å². The van der Waals surface area contributed by atoms with Crippen LogP contribution >= 0.6 is 0 Å².